The van der Waals surface area contributed by atoms with Gasteiger partial charge in [-0.05, 0) is 26.0 Å². The molecule has 118 valence electrons. The number of hydrogen-bond donors (Lipinski definition) is 1. The van der Waals surface area contributed by atoms with E-state index < -0.39 is 37.3 Å². The minimum absolute atomic E-state index is 0.0320. The fourth-order valence-electron chi connectivity index (χ4n) is 1.37. The van der Waals surface area contributed by atoms with Crippen LogP contribution in [-0.2, 0) is 19.5 Å². The number of carbonyl (C=O) groups excluding carboxylic acids is 1. The first kappa shape index (κ1) is 17.8. The SMILES string of the molecule is CC(C)OCCOC(=O)c1cc(S(N)(=O)=O)cc(F)c1Cl. The molecule has 9 heteroatoms. The summed E-state index contributed by atoms with van der Waals surface area (Å²) in [5.41, 5.74) is -0.412. The summed E-state index contributed by atoms with van der Waals surface area (Å²) in [6.45, 7) is 3.69. The van der Waals surface area contributed by atoms with E-state index in [9.17, 15) is 17.6 Å². The number of sulfonamides is 1. The van der Waals surface area contributed by atoms with E-state index in [1.807, 2.05) is 13.8 Å². The fraction of sp³-hybridized carbons (Fsp3) is 0.417. The van der Waals surface area contributed by atoms with E-state index in [2.05, 4.69) is 0 Å². The molecular weight excluding hydrogens is 325 g/mol. The van der Waals surface area contributed by atoms with Gasteiger partial charge in [0.25, 0.3) is 0 Å². The summed E-state index contributed by atoms with van der Waals surface area (Å²) in [6.07, 6.45) is -0.0320. The van der Waals surface area contributed by atoms with Gasteiger partial charge in [0.2, 0.25) is 10.0 Å². The Morgan fingerprint density at radius 2 is 2.00 bits per heavy atom. The van der Waals surface area contributed by atoms with Crippen LogP contribution in [0.4, 0.5) is 4.39 Å². The molecule has 2 N–H and O–H groups in total. The first-order chi connectivity index (χ1) is 9.62. The van der Waals surface area contributed by atoms with Gasteiger partial charge in [0.1, 0.15) is 12.4 Å². The molecule has 0 bridgehead atoms. The lowest BCUT2D eigenvalue weighted by Crippen LogP contribution is -2.16. The Balaban J connectivity index is 2.91. The second-order valence-corrected chi connectivity index (χ2v) is 6.31. The third kappa shape index (κ3) is 5.24. The minimum atomic E-state index is -4.17. The van der Waals surface area contributed by atoms with Crippen LogP contribution in [0.3, 0.4) is 0 Å². The third-order valence-electron chi connectivity index (χ3n) is 2.32. The van der Waals surface area contributed by atoms with Gasteiger partial charge >= 0.3 is 5.97 Å². The minimum Gasteiger partial charge on any atom is -0.460 e. The fourth-order valence-corrected chi connectivity index (χ4v) is 2.11. The van der Waals surface area contributed by atoms with Crippen LogP contribution in [0.15, 0.2) is 17.0 Å². The predicted octanol–water partition coefficient (Wildman–Crippen LogP) is 1.71. The van der Waals surface area contributed by atoms with Crippen molar-refractivity contribution >= 4 is 27.6 Å². The molecule has 0 unspecified atom stereocenters. The molecule has 0 aliphatic rings. The van der Waals surface area contributed by atoms with Crippen molar-refractivity contribution in [2.24, 2.45) is 5.14 Å². The maximum atomic E-state index is 13.5. The molecule has 0 aromatic heterocycles. The highest BCUT2D eigenvalue weighted by Gasteiger charge is 2.21. The number of rotatable bonds is 6. The quantitative estimate of drug-likeness (QED) is 0.628. The van der Waals surface area contributed by atoms with Gasteiger partial charge in [-0.15, -0.1) is 0 Å². The topological polar surface area (TPSA) is 95.7 Å². The number of nitrogens with two attached hydrogens (primary N) is 1. The Kier molecular flexibility index (Phi) is 6.09. The smallest absolute Gasteiger partial charge is 0.339 e. The van der Waals surface area contributed by atoms with Crippen molar-refractivity contribution in [2.45, 2.75) is 24.8 Å². The standard InChI is InChI=1S/C12H15ClFNO5S/c1-7(2)19-3-4-20-12(16)9-5-8(21(15,17)18)6-10(14)11(9)13/h5-7H,3-4H2,1-2H3,(H2,15,17,18). The van der Waals surface area contributed by atoms with Gasteiger partial charge in [-0.1, -0.05) is 11.6 Å². The summed E-state index contributed by atoms with van der Waals surface area (Å²) in [5.74, 6) is -2.04. The lowest BCUT2D eigenvalue weighted by atomic mass is 10.2. The summed E-state index contributed by atoms with van der Waals surface area (Å²) in [5, 5.41) is 4.36. The second-order valence-electron chi connectivity index (χ2n) is 4.37. The highest BCUT2D eigenvalue weighted by Crippen LogP contribution is 2.24. The molecule has 0 amide bonds. The van der Waals surface area contributed by atoms with Crippen molar-refractivity contribution in [3.05, 3.63) is 28.5 Å². The van der Waals surface area contributed by atoms with Gasteiger partial charge in [0.15, 0.2) is 0 Å². The van der Waals surface area contributed by atoms with E-state index in [0.29, 0.717) is 6.07 Å². The van der Waals surface area contributed by atoms with E-state index >= 15 is 0 Å². The lowest BCUT2D eigenvalue weighted by molar-refractivity contribution is 0.0176. The highest BCUT2D eigenvalue weighted by molar-refractivity contribution is 7.89. The second kappa shape index (κ2) is 7.17. The summed E-state index contributed by atoms with van der Waals surface area (Å²) in [6, 6.07) is 1.50. The predicted molar refractivity (Wildman–Crippen MR) is 74.2 cm³/mol. The summed E-state index contributed by atoms with van der Waals surface area (Å²) in [7, 11) is -4.17. The largest absolute Gasteiger partial charge is 0.460 e. The maximum absolute atomic E-state index is 13.5. The average Bonchev–Trinajstić information content (AvgIpc) is 2.35. The molecule has 21 heavy (non-hydrogen) atoms. The molecule has 6 nitrogen and oxygen atoms in total. The number of primary sulfonamides is 1. The summed E-state index contributed by atoms with van der Waals surface area (Å²) in [4.78, 5) is 11.2. The first-order valence-electron chi connectivity index (χ1n) is 5.93. The molecule has 0 spiro atoms. The number of halogens is 2. The van der Waals surface area contributed by atoms with Gasteiger partial charge in [0.05, 0.1) is 28.2 Å². The number of hydrogen-bond acceptors (Lipinski definition) is 5. The molecule has 0 aliphatic heterocycles. The maximum Gasteiger partial charge on any atom is 0.339 e. The normalized spacial score (nSPS) is 11.7. The number of carbonyl (C=O) groups is 1. The van der Waals surface area contributed by atoms with E-state index in [1.54, 1.807) is 0 Å². The van der Waals surface area contributed by atoms with E-state index in [4.69, 9.17) is 26.2 Å². The molecule has 0 heterocycles. The van der Waals surface area contributed by atoms with Crippen LogP contribution in [0.2, 0.25) is 5.02 Å². The zero-order valence-electron chi connectivity index (χ0n) is 11.4. The van der Waals surface area contributed by atoms with Gasteiger partial charge in [0, 0.05) is 0 Å². The molecule has 0 fully saturated rings. The van der Waals surface area contributed by atoms with E-state index in [0.717, 1.165) is 6.07 Å². The molecular formula is C12H15ClFNO5S. The molecule has 0 aliphatic carbocycles. The monoisotopic (exact) mass is 339 g/mol. The van der Waals surface area contributed by atoms with Crippen LogP contribution >= 0.6 is 11.6 Å². The van der Waals surface area contributed by atoms with Crippen molar-refractivity contribution < 1.29 is 27.1 Å². The Labute approximate surface area is 127 Å². The van der Waals surface area contributed by atoms with Crippen LogP contribution in [0.1, 0.15) is 24.2 Å². The van der Waals surface area contributed by atoms with Crippen molar-refractivity contribution in [3.8, 4) is 0 Å². The lowest BCUT2D eigenvalue weighted by Gasteiger charge is -2.10. The summed E-state index contributed by atoms with van der Waals surface area (Å²) >= 11 is 5.63. The number of esters is 1. The highest BCUT2D eigenvalue weighted by atomic mass is 35.5. The van der Waals surface area contributed by atoms with Gasteiger partial charge < -0.3 is 9.47 Å². The van der Waals surface area contributed by atoms with Crippen LogP contribution in [0.25, 0.3) is 0 Å². The third-order valence-corrected chi connectivity index (χ3v) is 3.59. The van der Waals surface area contributed by atoms with Crippen molar-refractivity contribution in [3.63, 3.8) is 0 Å². The van der Waals surface area contributed by atoms with E-state index in [1.165, 1.54) is 0 Å². The van der Waals surface area contributed by atoms with Crippen molar-refractivity contribution in [2.75, 3.05) is 13.2 Å². The Hall–Kier alpha value is -1.22. The molecule has 1 rings (SSSR count). The van der Waals surface area contributed by atoms with Crippen LogP contribution in [0, 0.1) is 5.82 Å². The van der Waals surface area contributed by atoms with Crippen LogP contribution < -0.4 is 5.14 Å². The Morgan fingerprint density at radius 3 is 2.52 bits per heavy atom. The Bertz CT molecular complexity index is 633. The van der Waals surface area contributed by atoms with Gasteiger partial charge in [-0.25, -0.2) is 22.7 Å². The number of ether oxygens (including phenoxy) is 2. The molecule has 1 aromatic rings. The molecule has 0 radical (unpaired) electrons. The average molecular weight is 340 g/mol. The van der Waals surface area contributed by atoms with Crippen LogP contribution in [0.5, 0.6) is 0 Å². The molecule has 1 aromatic carbocycles. The zero-order chi connectivity index (χ0) is 16.2. The van der Waals surface area contributed by atoms with E-state index in [-0.39, 0.29) is 19.3 Å². The molecule has 0 saturated carbocycles. The van der Waals surface area contributed by atoms with Gasteiger partial charge in [-0.2, -0.15) is 0 Å². The Morgan fingerprint density at radius 1 is 1.38 bits per heavy atom. The first-order valence-corrected chi connectivity index (χ1v) is 7.86. The zero-order valence-corrected chi connectivity index (χ0v) is 13.0. The van der Waals surface area contributed by atoms with Crippen molar-refractivity contribution in [1.82, 2.24) is 0 Å². The van der Waals surface area contributed by atoms with Crippen LogP contribution in [-0.4, -0.2) is 33.7 Å². The molecule has 0 saturated heterocycles. The van der Waals surface area contributed by atoms with Crippen molar-refractivity contribution in [1.29, 1.82) is 0 Å². The molecule has 0 atom stereocenters. The number of benzene rings is 1. The van der Waals surface area contributed by atoms with Gasteiger partial charge in [-0.3, -0.25) is 0 Å². The summed E-state index contributed by atoms with van der Waals surface area (Å²) < 4.78 is 45.9.